The molecule has 0 aliphatic carbocycles. The van der Waals surface area contributed by atoms with E-state index in [2.05, 4.69) is 10.6 Å². The topological polar surface area (TPSA) is 224 Å². The van der Waals surface area contributed by atoms with Crippen molar-refractivity contribution in [3.05, 3.63) is 0 Å². The summed E-state index contributed by atoms with van der Waals surface area (Å²) in [6.45, 7) is 4.19. The average Bonchev–Trinajstić information content (AvgIpc) is 2.94. The van der Waals surface area contributed by atoms with Crippen molar-refractivity contribution in [2.75, 3.05) is 98.4 Å². The van der Waals surface area contributed by atoms with Gasteiger partial charge < -0.3 is 41.2 Å². The van der Waals surface area contributed by atoms with E-state index in [1.807, 2.05) is 4.90 Å². The number of hydrogen-bond acceptors (Lipinski definition) is 11. The van der Waals surface area contributed by atoms with Crippen molar-refractivity contribution in [1.82, 2.24) is 25.3 Å². The molecule has 16 nitrogen and oxygen atoms in total. The smallest absolute Gasteiger partial charge is 0.320 e. The maximum atomic E-state index is 12.4. The van der Waals surface area contributed by atoms with E-state index in [4.69, 9.17) is 30.5 Å². The summed E-state index contributed by atoms with van der Waals surface area (Å²) < 4.78 is 10.7. The third-order valence-electron chi connectivity index (χ3n) is 5.79. The fourth-order valence-electron chi connectivity index (χ4n) is 3.65. The zero-order valence-electron chi connectivity index (χ0n) is 22.2. The van der Waals surface area contributed by atoms with Crippen LogP contribution in [0.2, 0.25) is 0 Å². The van der Waals surface area contributed by atoms with Gasteiger partial charge in [0.05, 0.1) is 46.1 Å². The lowest BCUT2D eigenvalue weighted by Crippen LogP contribution is -2.43. The quantitative estimate of drug-likeness (QED) is 0.0842. The molecule has 0 spiro atoms. The van der Waals surface area contributed by atoms with E-state index < -0.39 is 23.9 Å². The number of nitrogens with two attached hydrogens (primary N) is 1. The summed E-state index contributed by atoms with van der Waals surface area (Å²) in [6.07, 6.45) is 0.0770. The summed E-state index contributed by atoms with van der Waals surface area (Å²) in [5, 5.41) is 32.3. The normalized spacial score (nSPS) is 16.4. The molecule has 1 unspecified atom stereocenters. The van der Waals surface area contributed by atoms with Crippen molar-refractivity contribution in [2.45, 2.75) is 18.9 Å². The molecule has 1 aliphatic rings. The van der Waals surface area contributed by atoms with Gasteiger partial charge in [0.1, 0.15) is 6.04 Å². The molecule has 0 radical (unpaired) electrons. The van der Waals surface area contributed by atoms with Gasteiger partial charge in [0, 0.05) is 58.8 Å². The number of carboxylic acid groups (broad SMARTS) is 3. The Bertz CT molecular complexity index is 758. The molecule has 0 aromatic rings. The van der Waals surface area contributed by atoms with Crippen LogP contribution in [0.5, 0.6) is 0 Å². The first kappa shape index (κ1) is 34.1. The minimum absolute atomic E-state index is 0.0202. The van der Waals surface area contributed by atoms with Gasteiger partial charge in [-0.2, -0.15) is 0 Å². The number of aliphatic carboxylic acids is 3. The minimum Gasteiger partial charge on any atom is -0.480 e. The number of ether oxygens (including phenoxy) is 2. The summed E-state index contributed by atoms with van der Waals surface area (Å²) >= 11 is 0. The second kappa shape index (κ2) is 20.1. The Labute approximate surface area is 227 Å². The second-order valence-electron chi connectivity index (χ2n) is 9.02. The zero-order valence-corrected chi connectivity index (χ0v) is 22.2. The van der Waals surface area contributed by atoms with E-state index in [1.165, 1.54) is 0 Å². The van der Waals surface area contributed by atoms with Gasteiger partial charge in [-0.1, -0.05) is 0 Å². The first-order valence-corrected chi connectivity index (χ1v) is 12.8. The molecule has 0 aromatic heterocycles. The molecule has 1 saturated heterocycles. The lowest BCUT2D eigenvalue weighted by molar-refractivity contribution is -0.140. The minimum atomic E-state index is -1.15. The fraction of sp³-hybridized carbons (Fsp3) is 0.783. The highest BCUT2D eigenvalue weighted by molar-refractivity contribution is 5.78. The molecule has 1 rings (SSSR count). The van der Waals surface area contributed by atoms with Crippen LogP contribution in [0, 0.1) is 0 Å². The van der Waals surface area contributed by atoms with Gasteiger partial charge >= 0.3 is 17.9 Å². The Morgan fingerprint density at radius 2 is 1.08 bits per heavy atom. The second-order valence-corrected chi connectivity index (χ2v) is 9.02. The van der Waals surface area contributed by atoms with Crippen molar-refractivity contribution in [3.63, 3.8) is 0 Å². The first-order valence-electron chi connectivity index (χ1n) is 12.8. The Kier molecular flexibility index (Phi) is 17.6. The molecule has 1 heterocycles. The van der Waals surface area contributed by atoms with Gasteiger partial charge in [0.2, 0.25) is 11.8 Å². The predicted octanol–water partition coefficient (Wildman–Crippen LogP) is -3.47. The van der Waals surface area contributed by atoms with Crippen LogP contribution in [0.4, 0.5) is 0 Å². The van der Waals surface area contributed by atoms with Crippen molar-refractivity contribution in [2.24, 2.45) is 5.73 Å². The van der Waals surface area contributed by atoms with E-state index in [-0.39, 0.29) is 70.6 Å². The summed E-state index contributed by atoms with van der Waals surface area (Å²) in [5.74, 6) is -3.59. The number of nitrogens with zero attached hydrogens (tertiary/aromatic N) is 3. The number of hydrogen-bond donors (Lipinski definition) is 6. The average molecular weight is 563 g/mol. The van der Waals surface area contributed by atoms with Crippen LogP contribution < -0.4 is 16.4 Å². The van der Waals surface area contributed by atoms with Crippen LogP contribution in [-0.4, -0.2) is 164 Å². The molecule has 7 N–H and O–H groups in total. The van der Waals surface area contributed by atoms with Crippen LogP contribution in [0.3, 0.4) is 0 Å². The molecule has 1 atom stereocenters. The van der Waals surface area contributed by atoms with Crippen molar-refractivity contribution in [1.29, 1.82) is 0 Å². The summed E-state index contributed by atoms with van der Waals surface area (Å²) in [5.41, 5.74) is 5.34. The zero-order chi connectivity index (χ0) is 29.0. The van der Waals surface area contributed by atoms with Crippen LogP contribution in [-0.2, 0) is 33.4 Å². The Morgan fingerprint density at radius 3 is 1.49 bits per heavy atom. The van der Waals surface area contributed by atoms with Crippen molar-refractivity contribution in [3.8, 4) is 0 Å². The Morgan fingerprint density at radius 1 is 0.667 bits per heavy atom. The molecule has 0 bridgehead atoms. The van der Waals surface area contributed by atoms with Gasteiger partial charge in [0.25, 0.3) is 0 Å². The highest BCUT2D eigenvalue weighted by Crippen LogP contribution is 2.01. The van der Waals surface area contributed by atoms with Gasteiger partial charge in [-0.3, -0.25) is 38.7 Å². The molecule has 16 heteroatoms. The lowest BCUT2D eigenvalue weighted by Gasteiger charge is -2.24. The molecule has 1 fully saturated rings. The van der Waals surface area contributed by atoms with Crippen LogP contribution >= 0.6 is 0 Å². The molecular weight excluding hydrogens is 520 g/mol. The molecule has 224 valence electrons. The number of amides is 2. The van der Waals surface area contributed by atoms with Crippen LogP contribution in [0.1, 0.15) is 12.8 Å². The van der Waals surface area contributed by atoms with Gasteiger partial charge in [-0.05, 0) is 6.42 Å². The molecular formula is C23H42N6O10. The summed E-state index contributed by atoms with van der Waals surface area (Å²) in [7, 11) is 0. The number of rotatable bonds is 19. The number of carbonyl (C=O) groups excluding carboxylic acids is 2. The SMILES string of the molecule is NC(CCC(=O)NCCOCCOCCNC(=O)CN1CCN(CC(=O)O)CCN(CC(=O)O)CC1)C(=O)O. The first-order chi connectivity index (χ1) is 18.6. The van der Waals surface area contributed by atoms with Crippen LogP contribution in [0.15, 0.2) is 0 Å². The van der Waals surface area contributed by atoms with Crippen molar-refractivity contribution >= 4 is 29.7 Å². The molecule has 2 amide bonds. The number of carbonyl (C=O) groups is 5. The molecule has 39 heavy (non-hydrogen) atoms. The summed E-state index contributed by atoms with van der Waals surface area (Å²) in [4.78, 5) is 62.2. The van der Waals surface area contributed by atoms with E-state index in [9.17, 15) is 24.0 Å². The molecule has 0 saturated carbocycles. The van der Waals surface area contributed by atoms with Gasteiger partial charge in [-0.25, -0.2) is 0 Å². The maximum absolute atomic E-state index is 12.4. The lowest BCUT2D eigenvalue weighted by atomic mass is 10.1. The fourth-order valence-corrected chi connectivity index (χ4v) is 3.65. The number of carboxylic acids is 3. The third-order valence-corrected chi connectivity index (χ3v) is 5.79. The van der Waals surface area contributed by atoms with Crippen LogP contribution in [0.25, 0.3) is 0 Å². The highest BCUT2D eigenvalue weighted by atomic mass is 16.5. The molecule has 0 aromatic carbocycles. The highest BCUT2D eigenvalue weighted by Gasteiger charge is 2.20. The largest absolute Gasteiger partial charge is 0.480 e. The Balaban J connectivity index is 2.18. The maximum Gasteiger partial charge on any atom is 0.320 e. The third kappa shape index (κ3) is 18.1. The van der Waals surface area contributed by atoms with E-state index in [1.54, 1.807) is 9.80 Å². The van der Waals surface area contributed by atoms with E-state index in [0.29, 0.717) is 52.5 Å². The standard InChI is InChI=1S/C23H42N6O10/c24-18(23(36)37)1-2-19(30)25-3-11-38-13-14-39-12-4-26-20(31)15-27-5-7-28(16-21(32)33)9-10-29(8-6-27)17-22(34)35/h18H,1-17,24H2,(H,25,30)(H,26,31)(H,32,33)(H,34,35)(H,36,37). The van der Waals surface area contributed by atoms with E-state index in [0.717, 1.165) is 0 Å². The predicted molar refractivity (Wildman–Crippen MR) is 137 cm³/mol. The van der Waals surface area contributed by atoms with Crippen molar-refractivity contribution < 1.29 is 48.8 Å². The van der Waals surface area contributed by atoms with Gasteiger partial charge in [-0.15, -0.1) is 0 Å². The molecule has 1 aliphatic heterocycles. The van der Waals surface area contributed by atoms with E-state index >= 15 is 0 Å². The number of nitrogens with one attached hydrogen (secondary N) is 2. The summed E-state index contributed by atoms with van der Waals surface area (Å²) in [6, 6.07) is -1.06. The Hall–Kier alpha value is -2.89. The monoisotopic (exact) mass is 562 g/mol. The van der Waals surface area contributed by atoms with Gasteiger partial charge in [0.15, 0.2) is 0 Å².